The molecule has 0 radical (unpaired) electrons. The Morgan fingerprint density at radius 3 is 2.69 bits per heavy atom. The quantitative estimate of drug-likeness (QED) is 0.510. The van der Waals surface area contributed by atoms with Crippen molar-refractivity contribution in [3.8, 4) is 11.5 Å². The van der Waals surface area contributed by atoms with Crippen LogP contribution in [0.5, 0.6) is 11.5 Å². The van der Waals surface area contributed by atoms with Crippen LogP contribution in [0.2, 0.25) is 0 Å². The van der Waals surface area contributed by atoms with Crippen molar-refractivity contribution in [2.45, 2.75) is 6.42 Å². The summed E-state index contributed by atoms with van der Waals surface area (Å²) in [6.45, 7) is 4.53. The van der Waals surface area contributed by atoms with Crippen LogP contribution < -0.4 is 14.4 Å². The number of anilines is 1. The zero-order valence-corrected chi connectivity index (χ0v) is 19.0. The first-order valence-corrected chi connectivity index (χ1v) is 11.3. The third-order valence-electron chi connectivity index (χ3n) is 5.42. The second-order valence-corrected chi connectivity index (χ2v) is 8.43. The van der Waals surface area contributed by atoms with Crippen LogP contribution in [0.15, 0.2) is 36.4 Å². The van der Waals surface area contributed by atoms with Gasteiger partial charge in [0.05, 0.1) is 32.1 Å². The third-order valence-corrected chi connectivity index (χ3v) is 6.47. The van der Waals surface area contributed by atoms with E-state index in [1.807, 2.05) is 6.07 Å². The second kappa shape index (κ2) is 10.2. The number of carbonyl (C=O) groups excluding carboxylic acids is 1. The molecule has 2 aromatic carbocycles. The van der Waals surface area contributed by atoms with E-state index in [0.29, 0.717) is 33.4 Å². The van der Waals surface area contributed by atoms with Crippen LogP contribution in [0.3, 0.4) is 0 Å². The molecule has 0 aliphatic carbocycles. The molecule has 0 unspecified atom stereocenters. The van der Waals surface area contributed by atoms with Gasteiger partial charge in [0.2, 0.25) is 0 Å². The monoisotopic (exact) mass is 459 g/mol. The number of benzene rings is 2. The minimum absolute atomic E-state index is 0.215. The summed E-state index contributed by atoms with van der Waals surface area (Å²) in [4.78, 5) is 21.9. The molecule has 0 N–H and O–H groups in total. The average molecular weight is 460 g/mol. The second-order valence-electron chi connectivity index (χ2n) is 7.42. The van der Waals surface area contributed by atoms with Crippen LogP contribution in [-0.4, -0.2) is 69.4 Å². The molecule has 1 fully saturated rings. The number of nitrogens with zero attached hydrogens (tertiary/aromatic N) is 3. The lowest BCUT2D eigenvalue weighted by molar-refractivity contribution is 0.0376. The standard InChI is InChI=1S/C23H26FN3O4S/c1-29-18-8-7-16(15-19(18)30-2)22(28)27(10-4-9-26-11-13-31-14-12-26)23-25-21-17(24)5-3-6-20(21)32-23/h3,5-8,15H,4,9-14H2,1-2H3. The molecule has 0 spiro atoms. The number of rotatable bonds is 8. The molecule has 7 nitrogen and oxygen atoms in total. The van der Waals surface area contributed by atoms with Gasteiger partial charge < -0.3 is 14.2 Å². The van der Waals surface area contributed by atoms with Crippen LogP contribution in [0.4, 0.5) is 9.52 Å². The molecule has 3 aromatic rings. The molecule has 1 amide bonds. The number of hydrogen-bond acceptors (Lipinski definition) is 7. The normalized spacial score (nSPS) is 14.5. The Balaban J connectivity index is 1.61. The van der Waals surface area contributed by atoms with E-state index in [4.69, 9.17) is 14.2 Å². The zero-order valence-electron chi connectivity index (χ0n) is 18.2. The van der Waals surface area contributed by atoms with Gasteiger partial charge in [-0.15, -0.1) is 0 Å². The van der Waals surface area contributed by atoms with Gasteiger partial charge in [0, 0.05) is 31.7 Å². The van der Waals surface area contributed by atoms with E-state index in [9.17, 15) is 9.18 Å². The highest BCUT2D eigenvalue weighted by atomic mass is 32.1. The Kier molecular flexibility index (Phi) is 7.19. The van der Waals surface area contributed by atoms with Crippen molar-refractivity contribution in [1.82, 2.24) is 9.88 Å². The number of amides is 1. The predicted molar refractivity (Wildman–Crippen MR) is 123 cm³/mol. The van der Waals surface area contributed by atoms with Crippen molar-refractivity contribution in [1.29, 1.82) is 0 Å². The summed E-state index contributed by atoms with van der Waals surface area (Å²) in [6, 6.07) is 9.91. The molecular weight excluding hydrogens is 433 g/mol. The van der Waals surface area contributed by atoms with Crippen LogP contribution in [0, 0.1) is 5.82 Å². The van der Waals surface area contributed by atoms with Gasteiger partial charge in [-0.3, -0.25) is 14.6 Å². The number of ether oxygens (including phenoxy) is 3. The molecule has 170 valence electrons. The highest BCUT2D eigenvalue weighted by Crippen LogP contribution is 2.33. The smallest absolute Gasteiger partial charge is 0.260 e. The molecule has 1 aliphatic heterocycles. The first kappa shape index (κ1) is 22.4. The van der Waals surface area contributed by atoms with E-state index < -0.39 is 5.82 Å². The van der Waals surface area contributed by atoms with E-state index in [-0.39, 0.29) is 11.4 Å². The van der Waals surface area contributed by atoms with Crippen molar-refractivity contribution < 1.29 is 23.4 Å². The molecule has 32 heavy (non-hydrogen) atoms. The molecule has 0 saturated carbocycles. The Hall–Kier alpha value is -2.75. The molecule has 2 heterocycles. The molecule has 1 aromatic heterocycles. The first-order valence-electron chi connectivity index (χ1n) is 10.5. The van der Waals surface area contributed by atoms with Gasteiger partial charge in [0.1, 0.15) is 11.3 Å². The topological polar surface area (TPSA) is 64.1 Å². The highest BCUT2D eigenvalue weighted by Gasteiger charge is 2.23. The van der Waals surface area contributed by atoms with Crippen molar-refractivity contribution in [3.63, 3.8) is 0 Å². The van der Waals surface area contributed by atoms with E-state index in [2.05, 4.69) is 9.88 Å². The van der Waals surface area contributed by atoms with Gasteiger partial charge in [-0.2, -0.15) is 0 Å². The molecule has 0 atom stereocenters. The largest absolute Gasteiger partial charge is 0.493 e. The maximum Gasteiger partial charge on any atom is 0.260 e. The maximum absolute atomic E-state index is 14.3. The van der Waals surface area contributed by atoms with Crippen LogP contribution in [0.1, 0.15) is 16.8 Å². The van der Waals surface area contributed by atoms with E-state index in [1.165, 1.54) is 24.5 Å². The molecule has 4 rings (SSSR count). The first-order chi connectivity index (χ1) is 15.6. The molecular formula is C23H26FN3O4S. The average Bonchev–Trinajstić information content (AvgIpc) is 3.27. The van der Waals surface area contributed by atoms with Gasteiger partial charge in [0.25, 0.3) is 5.91 Å². The number of morpholine rings is 1. The van der Waals surface area contributed by atoms with Gasteiger partial charge in [-0.05, 0) is 36.8 Å². The van der Waals surface area contributed by atoms with Gasteiger partial charge in [0.15, 0.2) is 16.6 Å². The Morgan fingerprint density at radius 2 is 1.97 bits per heavy atom. The molecule has 9 heteroatoms. The van der Waals surface area contributed by atoms with Crippen molar-refractivity contribution in [2.24, 2.45) is 0 Å². The number of methoxy groups -OCH3 is 2. The summed E-state index contributed by atoms with van der Waals surface area (Å²) in [7, 11) is 3.08. The van der Waals surface area contributed by atoms with Crippen molar-refractivity contribution in [2.75, 3.05) is 58.5 Å². The van der Waals surface area contributed by atoms with Gasteiger partial charge in [-0.1, -0.05) is 17.4 Å². The summed E-state index contributed by atoms with van der Waals surface area (Å²) < 4.78 is 31.0. The minimum atomic E-state index is -0.392. The summed E-state index contributed by atoms with van der Waals surface area (Å²) in [5, 5.41) is 0.479. The number of carbonyl (C=O) groups is 1. The van der Waals surface area contributed by atoms with E-state index >= 15 is 0 Å². The molecule has 0 bridgehead atoms. The van der Waals surface area contributed by atoms with Crippen LogP contribution in [-0.2, 0) is 4.74 Å². The van der Waals surface area contributed by atoms with Crippen LogP contribution >= 0.6 is 11.3 Å². The minimum Gasteiger partial charge on any atom is -0.493 e. The fourth-order valence-electron chi connectivity index (χ4n) is 3.71. The number of fused-ring (bicyclic) bond motifs is 1. The Labute approximate surface area is 190 Å². The van der Waals surface area contributed by atoms with Crippen molar-refractivity contribution in [3.05, 3.63) is 47.8 Å². The summed E-state index contributed by atoms with van der Waals surface area (Å²) in [5.41, 5.74) is 0.736. The fraction of sp³-hybridized carbons (Fsp3) is 0.391. The number of halogens is 1. The maximum atomic E-state index is 14.3. The fourth-order valence-corrected chi connectivity index (χ4v) is 4.71. The Bertz CT molecular complexity index is 1080. The zero-order chi connectivity index (χ0) is 22.5. The Morgan fingerprint density at radius 1 is 1.19 bits per heavy atom. The van der Waals surface area contributed by atoms with E-state index in [0.717, 1.165) is 39.3 Å². The van der Waals surface area contributed by atoms with Crippen LogP contribution in [0.25, 0.3) is 10.2 Å². The lowest BCUT2D eigenvalue weighted by Crippen LogP contribution is -2.39. The number of hydrogen-bond donors (Lipinski definition) is 0. The van der Waals surface area contributed by atoms with Gasteiger partial charge >= 0.3 is 0 Å². The number of thiazole rings is 1. The lowest BCUT2D eigenvalue weighted by Gasteiger charge is -2.27. The molecule has 1 saturated heterocycles. The number of para-hydroxylation sites is 1. The third kappa shape index (κ3) is 4.85. The number of aromatic nitrogens is 1. The summed E-state index contributed by atoms with van der Waals surface area (Å²) in [6.07, 6.45) is 0.761. The van der Waals surface area contributed by atoms with Crippen molar-refractivity contribution >= 4 is 32.6 Å². The van der Waals surface area contributed by atoms with E-state index in [1.54, 1.807) is 36.3 Å². The SMILES string of the molecule is COc1ccc(C(=O)N(CCCN2CCOCC2)c2nc3c(F)cccc3s2)cc1OC. The lowest BCUT2D eigenvalue weighted by atomic mass is 10.1. The molecule has 1 aliphatic rings. The predicted octanol–water partition coefficient (Wildman–Crippen LogP) is 3.82. The summed E-state index contributed by atoms with van der Waals surface area (Å²) >= 11 is 1.31. The van der Waals surface area contributed by atoms with Gasteiger partial charge in [-0.25, -0.2) is 9.37 Å². The summed E-state index contributed by atoms with van der Waals surface area (Å²) in [5.74, 6) is 0.413. The highest BCUT2D eigenvalue weighted by molar-refractivity contribution is 7.22.